The van der Waals surface area contributed by atoms with Gasteiger partial charge in [-0.25, -0.2) is 0 Å². The lowest BCUT2D eigenvalue weighted by atomic mass is 10.1. The number of hydrogen-bond acceptors (Lipinski definition) is 2. The van der Waals surface area contributed by atoms with Crippen LogP contribution in [0.4, 0.5) is 5.69 Å². The molecule has 1 aliphatic heterocycles. The number of thioether (sulfide) groups is 1. The average Bonchev–Trinajstić information content (AvgIpc) is 2.47. The molecule has 0 aliphatic carbocycles. The first kappa shape index (κ1) is 9.91. The summed E-state index contributed by atoms with van der Waals surface area (Å²) in [6, 6.07) is 6.74. The monoisotopic (exact) mass is 207 g/mol. The van der Waals surface area contributed by atoms with Gasteiger partial charge in [-0.3, -0.25) is 0 Å². The van der Waals surface area contributed by atoms with Gasteiger partial charge in [-0.15, -0.1) is 0 Å². The molecule has 2 heteroatoms. The molecule has 1 aliphatic rings. The molecule has 0 saturated heterocycles. The summed E-state index contributed by atoms with van der Waals surface area (Å²) in [6.45, 7) is 6.57. The molecular formula is C12H17NS. The molecule has 0 fully saturated rings. The van der Waals surface area contributed by atoms with Crippen molar-refractivity contribution in [2.45, 2.75) is 37.8 Å². The Kier molecular flexibility index (Phi) is 2.48. The largest absolute Gasteiger partial charge is 0.380 e. The van der Waals surface area contributed by atoms with Gasteiger partial charge in [0.05, 0.1) is 0 Å². The van der Waals surface area contributed by atoms with E-state index >= 15 is 0 Å². The van der Waals surface area contributed by atoms with Crippen molar-refractivity contribution in [2.24, 2.45) is 0 Å². The lowest BCUT2D eigenvalue weighted by Gasteiger charge is -2.22. The zero-order chi connectivity index (χ0) is 10.2. The zero-order valence-electron chi connectivity index (χ0n) is 9.05. The summed E-state index contributed by atoms with van der Waals surface area (Å²) >= 11 is 2.00. The second-order valence-electron chi connectivity index (χ2n) is 4.85. The van der Waals surface area contributed by atoms with E-state index in [0.717, 1.165) is 0 Å². The molecule has 1 N–H and O–H groups in total. The molecule has 0 spiro atoms. The zero-order valence-corrected chi connectivity index (χ0v) is 9.87. The first-order valence-electron chi connectivity index (χ1n) is 5.02. The SMILES string of the molecule is CC(C)(C)Nc1ccc2c(c1)CSC2. The first-order chi connectivity index (χ1) is 6.54. The summed E-state index contributed by atoms with van der Waals surface area (Å²) in [7, 11) is 0. The number of nitrogens with one attached hydrogen (secondary N) is 1. The fourth-order valence-electron chi connectivity index (χ4n) is 1.68. The van der Waals surface area contributed by atoms with Crippen molar-refractivity contribution in [1.82, 2.24) is 0 Å². The fraction of sp³-hybridized carbons (Fsp3) is 0.500. The molecule has 0 atom stereocenters. The Balaban J connectivity index is 2.21. The standard InChI is InChI=1S/C12H17NS/c1-12(2,3)13-11-5-4-9-7-14-8-10(9)6-11/h4-6,13H,7-8H2,1-3H3. The van der Waals surface area contributed by atoms with Crippen LogP contribution < -0.4 is 5.32 Å². The van der Waals surface area contributed by atoms with Gasteiger partial charge in [0.25, 0.3) is 0 Å². The molecule has 76 valence electrons. The molecule has 14 heavy (non-hydrogen) atoms. The minimum atomic E-state index is 0.153. The third-order valence-corrected chi connectivity index (χ3v) is 3.27. The normalized spacial score (nSPS) is 15.4. The van der Waals surface area contributed by atoms with Crippen molar-refractivity contribution in [3.05, 3.63) is 29.3 Å². The van der Waals surface area contributed by atoms with Crippen LogP contribution in [0.25, 0.3) is 0 Å². The van der Waals surface area contributed by atoms with Crippen LogP contribution in [-0.4, -0.2) is 5.54 Å². The first-order valence-corrected chi connectivity index (χ1v) is 6.18. The van der Waals surface area contributed by atoms with Crippen molar-refractivity contribution in [1.29, 1.82) is 0 Å². The maximum absolute atomic E-state index is 3.50. The lowest BCUT2D eigenvalue weighted by molar-refractivity contribution is 0.634. The van der Waals surface area contributed by atoms with Gasteiger partial charge in [0.15, 0.2) is 0 Å². The van der Waals surface area contributed by atoms with Crippen LogP contribution in [-0.2, 0) is 11.5 Å². The van der Waals surface area contributed by atoms with E-state index < -0.39 is 0 Å². The highest BCUT2D eigenvalue weighted by molar-refractivity contribution is 7.98. The van der Waals surface area contributed by atoms with Crippen LogP contribution in [0.2, 0.25) is 0 Å². The lowest BCUT2D eigenvalue weighted by Crippen LogP contribution is -2.26. The van der Waals surface area contributed by atoms with Gasteiger partial charge in [-0.05, 0) is 44.0 Å². The molecule has 1 aromatic carbocycles. The average molecular weight is 207 g/mol. The Morgan fingerprint density at radius 2 is 1.86 bits per heavy atom. The third-order valence-electron chi connectivity index (χ3n) is 2.24. The van der Waals surface area contributed by atoms with Crippen LogP contribution in [0.1, 0.15) is 31.9 Å². The number of rotatable bonds is 1. The van der Waals surface area contributed by atoms with Crippen LogP contribution in [0.15, 0.2) is 18.2 Å². The van der Waals surface area contributed by atoms with Crippen LogP contribution in [0.3, 0.4) is 0 Å². The topological polar surface area (TPSA) is 12.0 Å². The van der Waals surface area contributed by atoms with E-state index in [1.807, 2.05) is 11.8 Å². The van der Waals surface area contributed by atoms with Gasteiger partial charge in [-0.1, -0.05) is 6.07 Å². The molecule has 0 amide bonds. The van der Waals surface area contributed by atoms with E-state index in [9.17, 15) is 0 Å². The molecule has 0 unspecified atom stereocenters. The Labute approximate surface area is 90.3 Å². The van der Waals surface area contributed by atoms with Gasteiger partial charge in [0, 0.05) is 22.7 Å². The highest BCUT2D eigenvalue weighted by Crippen LogP contribution is 2.32. The number of benzene rings is 1. The second kappa shape index (κ2) is 3.50. The van der Waals surface area contributed by atoms with Crippen LogP contribution in [0.5, 0.6) is 0 Å². The van der Waals surface area contributed by atoms with Crippen molar-refractivity contribution in [2.75, 3.05) is 5.32 Å². The fourth-order valence-corrected chi connectivity index (χ4v) is 2.78. The summed E-state index contributed by atoms with van der Waals surface area (Å²) in [4.78, 5) is 0. The summed E-state index contributed by atoms with van der Waals surface area (Å²) in [5, 5.41) is 3.50. The van der Waals surface area contributed by atoms with Gasteiger partial charge >= 0.3 is 0 Å². The molecular weight excluding hydrogens is 190 g/mol. The molecule has 0 aromatic heterocycles. The molecule has 1 nitrogen and oxygen atoms in total. The Morgan fingerprint density at radius 1 is 1.14 bits per heavy atom. The van der Waals surface area contributed by atoms with E-state index in [-0.39, 0.29) is 5.54 Å². The van der Waals surface area contributed by atoms with Gasteiger partial charge in [0.2, 0.25) is 0 Å². The molecule has 1 aromatic rings. The smallest absolute Gasteiger partial charge is 0.0347 e. The number of anilines is 1. The van der Waals surface area contributed by atoms with E-state index in [1.165, 1.54) is 28.3 Å². The van der Waals surface area contributed by atoms with Gasteiger partial charge in [-0.2, -0.15) is 11.8 Å². The summed E-state index contributed by atoms with van der Waals surface area (Å²) in [5.74, 6) is 2.36. The molecule has 0 saturated carbocycles. The minimum absolute atomic E-state index is 0.153. The number of hydrogen-bond donors (Lipinski definition) is 1. The minimum Gasteiger partial charge on any atom is -0.380 e. The summed E-state index contributed by atoms with van der Waals surface area (Å²) < 4.78 is 0. The van der Waals surface area contributed by atoms with E-state index in [2.05, 4.69) is 44.3 Å². The van der Waals surface area contributed by atoms with Gasteiger partial charge < -0.3 is 5.32 Å². The van der Waals surface area contributed by atoms with Gasteiger partial charge in [0.1, 0.15) is 0 Å². The molecule has 1 heterocycles. The Morgan fingerprint density at radius 3 is 2.57 bits per heavy atom. The maximum Gasteiger partial charge on any atom is 0.0347 e. The van der Waals surface area contributed by atoms with Crippen molar-refractivity contribution in [3.8, 4) is 0 Å². The second-order valence-corrected chi connectivity index (χ2v) is 5.84. The van der Waals surface area contributed by atoms with Crippen molar-refractivity contribution >= 4 is 17.4 Å². The van der Waals surface area contributed by atoms with Crippen molar-refractivity contribution in [3.63, 3.8) is 0 Å². The predicted molar refractivity (Wildman–Crippen MR) is 64.8 cm³/mol. The third kappa shape index (κ3) is 2.24. The maximum atomic E-state index is 3.50. The highest BCUT2D eigenvalue weighted by atomic mass is 32.2. The molecule has 0 bridgehead atoms. The molecule has 0 radical (unpaired) electrons. The van der Waals surface area contributed by atoms with E-state index in [0.29, 0.717) is 0 Å². The van der Waals surface area contributed by atoms with Crippen LogP contribution in [0, 0.1) is 0 Å². The van der Waals surface area contributed by atoms with Crippen LogP contribution >= 0.6 is 11.8 Å². The highest BCUT2D eigenvalue weighted by Gasteiger charge is 2.13. The summed E-state index contributed by atoms with van der Waals surface area (Å²) in [6.07, 6.45) is 0. The Bertz CT molecular complexity index is 339. The quantitative estimate of drug-likeness (QED) is 0.754. The van der Waals surface area contributed by atoms with E-state index in [4.69, 9.17) is 0 Å². The van der Waals surface area contributed by atoms with E-state index in [1.54, 1.807) is 0 Å². The predicted octanol–water partition coefficient (Wildman–Crippen LogP) is 3.64. The summed E-state index contributed by atoms with van der Waals surface area (Å²) in [5.41, 5.74) is 4.41. The Hall–Kier alpha value is -0.630. The molecule has 2 rings (SSSR count). The number of fused-ring (bicyclic) bond motifs is 1. The van der Waals surface area contributed by atoms with Crippen molar-refractivity contribution < 1.29 is 0 Å².